The van der Waals surface area contributed by atoms with Gasteiger partial charge in [0.15, 0.2) is 0 Å². The first-order chi connectivity index (χ1) is 11.1. The summed E-state index contributed by atoms with van der Waals surface area (Å²) in [5.74, 6) is -1.38. The highest BCUT2D eigenvalue weighted by atomic mass is 16.4. The first-order valence-electron chi connectivity index (χ1n) is 7.26. The molecule has 2 aromatic rings. The lowest BCUT2D eigenvalue weighted by Crippen LogP contribution is -2.25. The first-order valence-corrected chi connectivity index (χ1v) is 7.26. The highest BCUT2D eigenvalue weighted by Gasteiger charge is 2.12. The van der Waals surface area contributed by atoms with Gasteiger partial charge in [0.1, 0.15) is 18.2 Å². The number of hydrogen-bond acceptors (Lipinski definition) is 3. The fourth-order valence-corrected chi connectivity index (χ4v) is 2.30. The van der Waals surface area contributed by atoms with E-state index in [0.717, 1.165) is 17.3 Å². The Hall–Kier alpha value is -3.07. The molecule has 0 unspecified atom stereocenters. The maximum absolute atomic E-state index is 12.0. The SMILES string of the molecule is CCCNC(=O)C(C#N)=Cc1cn(CC(=O)O)c2ccccc12. The molecule has 1 aromatic carbocycles. The molecule has 1 amide bonds. The number of para-hydroxylation sites is 1. The number of carbonyl (C=O) groups excluding carboxylic acids is 1. The van der Waals surface area contributed by atoms with Crippen molar-refractivity contribution in [3.05, 3.63) is 41.6 Å². The van der Waals surface area contributed by atoms with Crippen LogP contribution in [0.4, 0.5) is 0 Å². The Balaban J connectivity index is 2.46. The largest absolute Gasteiger partial charge is 0.480 e. The van der Waals surface area contributed by atoms with Gasteiger partial charge in [-0.05, 0) is 18.6 Å². The number of benzene rings is 1. The number of nitrogens with one attached hydrogen (secondary N) is 1. The van der Waals surface area contributed by atoms with E-state index in [1.54, 1.807) is 16.8 Å². The highest BCUT2D eigenvalue weighted by Crippen LogP contribution is 2.23. The summed E-state index contributed by atoms with van der Waals surface area (Å²) >= 11 is 0. The van der Waals surface area contributed by atoms with Crippen LogP contribution in [0.25, 0.3) is 17.0 Å². The smallest absolute Gasteiger partial charge is 0.323 e. The summed E-state index contributed by atoms with van der Waals surface area (Å²) in [4.78, 5) is 22.9. The van der Waals surface area contributed by atoms with Crippen molar-refractivity contribution >= 4 is 28.9 Å². The van der Waals surface area contributed by atoms with Crippen molar-refractivity contribution in [1.82, 2.24) is 9.88 Å². The van der Waals surface area contributed by atoms with Crippen LogP contribution in [0.2, 0.25) is 0 Å². The van der Waals surface area contributed by atoms with Crippen molar-refractivity contribution in [3.63, 3.8) is 0 Å². The standard InChI is InChI=1S/C17H17N3O3/c1-2-7-19-17(23)12(9-18)8-13-10-20(11-16(21)22)15-6-4-3-5-14(13)15/h3-6,8,10H,2,7,11H2,1H3,(H,19,23)(H,21,22). The van der Waals surface area contributed by atoms with Crippen LogP contribution in [0.1, 0.15) is 18.9 Å². The average molecular weight is 311 g/mol. The van der Waals surface area contributed by atoms with E-state index in [4.69, 9.17) is 5.11 Å². The Bertz CT molecular complexity index is 812. The molecular weight excluding hydrogens is 294 g/mol. The second-order valence-electron chi connectivity index (χ2n) is 5.05. The number of nitrogens with zero attached hydrogens (tertiary/aromatic N) is 2. The van der Waals surface area contributed by atoms with Crippen LogP contribution in [0.15, 0.2) is 36.0 Å². The number of aliphatic carboxylic acids is 1. The Morgan fingerprint density at radius 1 is 1.39 bits per heavy atom. The molecule has 1 heterocycles. The van der Waals surface area contributed by atoms with E-state index in [2.05, 4.69) is 5.32 Å². The Morgan fingerprint density at radius 3 is 2.78 bits per heavy atom. The van der Waals surface area contributed by atoms with Crippen molar-refractivity contribution < 1.29 is 14.7 Å². The van der Waals surface area contributed by atoms with Gasteiger partial charge in [-0.3, -0.25) is 9.59 Å². The van der Waals surface area contributed by atoms with Crippen molar-refractivity contribution in [2.75, 3.05) is 6.54 Å². The number of fused-ring (bicyclic) bond motifs is 1. The van der Waals surface area contributed by atoms with Crippen molar-refractivity contribution in [1.29, 1.82) is 5.26 Å². The molecule has 0 spiro atoms. The molecule has 0 fully saturated rings. The molecule has 0 aliphatic heterocycles. The van der Waals surface area contributed by atoms with Crippen LogP contribution in [-0.4, -0.2) is 28.1 Å². The van der Waals surface area contributed by atoms with E-state index in [0.29, 0.717) is 12.1 Å². The zero-order valence-corrected chi connectivity index (χ0v) is 12.7. The highest BCUT2D eigenvalue weighted by molar-refractivity contribution is 6.04. The van der Waals surface area contributed by atoms with Crippen LogP contribution in [0.5, 0.6) is 0 Å². The van der Waals surface area contributed by atoms with Gasteiger partial charge < -0.3 is 15.0 Å². The van der Waals surface area contributed by atoms with Gasteiger partial charge in [0.05, 0.1) is 0 Å². The number of carboxylic acid groups (broad SMARTS) is 1. The quantitative estimate of drug-likeness (QED) is 0.631. The Labute approximate surface area is 133 Å². The fraction of sp³-hybridized carbons (Fsp3) is 0.235. The second-order valence-corrected chi connectivity index (χ2v) is 5.05. The summed E-state index contributed by atoms with van der Waals surface area (Å²) in [7, 11) is 0. The van der Waals surface area contributed by atoms with E-state index in [1.807, 2.05) is 31.2 Å². The third-order valence-corrected chi connectivity index (χ3v) is 3.33. The zero-order valence-electron chi connectivity index (χ0n) is 12.7. The normalized spacial score (nSPS) is 11.2. The maximum Gasteiger partial charge on any atom is 0.323 e. The molecule has 2 rings (SSSR count). The predicted octanol–water partition coefficient (Wildman–Crippen LogP) is 2.16. The lowest BCUT2D eigenvalue weighted by molar-refractivity contribution is -0.137. The Kier molecular flexibility index (Phi) is 5.15. The summed E-state index contributed by atoms with van der Waals surface area (Å²) < 4.78 is 1.59. The first kappa shape index (κ1) is 16.3. The zero-order chi connectivity index (χ0) is 16.8. The molecular formula is C17H17N3O3. The minimum atomic E-state index is -0.956. The van der Waals surface area contributed by atoms with Gasteiger partial charge in [-0.1, -0.05) is 25.1 Å². The van der Waals surface area contributed by atoms with Gasteiger partial charge in [0.25, 0.3) is 5.91 Å². The van der Waals surface area contributed by atoms with Crippen LogP contribution >= 0.6 is 0 Å². The molecule has 0 atom stereocenters. The molecule has 0 aliphatic carbocycles. The van der Waals surface area contributed by atoms with Crippen LogP contribution < -0.4 is 5.32 Å². The van der Waals surface area contributed by atoms with Gasteiger partial charge in [-0.25, -0.2) is 0 Å². The molecule has 2 N–H and O–H groups in total. The molecule has 6 heteroatoms. The number of carbonyl (C=O) groups is 2. The lowest BCUT2D eigenvalue weighted by atomic mass is 10.1. The van der Waals surface area contributed by atoms with Crippen molar-refractivity contribution in [2.45, 2.75) is 19.9 Å². The van der Waals surface area contributed by atoms with Crippen molar-refractivity contribution in [3.8, 4) is 6.07 Å². The second kappa shape index (κ2) is 7.27. The van der Waals surface area contributed by atoms with Gasteiger partial charge in [0, 0.05) is 29.2 Å². The molecule has 0 radical (unpaired) electrons. The minimum Gasteiger partial charge on any atom is -0.480 e. The van der Waals surface area contributed by atoms with E-state index in [1.165, 1.54) is 6.08 Å². The van der Waals surface area contributed by atoms with Gasteiger partial charge in [-0.15, -0.1) is 0 Å². The predicted molar refractivity (Wildman–Crippen MR) is 86.5 cm³/mol. The number of rotatable bonds is 6. The molecule has 0 saturated heterocycles. The molecule has 6 nitrogen and oxygen atoms in total. The van der Waals surface area contributed by atoms with Crippen molar-refractivity contribution in [2.24, 2.45) is 0 Å². The van der Waals surface area contributed by atoms with Gasteiger partial charge >= 0.3 is 5.97 Å². The van der Waals surface area contributed by atoms with Crippen LogP contribution in [-0.2, 0) is 16.1 Å². The average Bonchev–Trinajstić information content (AvgIpc) is 2.87. The molecule has 0 aliphatic rings. The third kappa shape index (κ3) is 3.77. The molecule has 118 valence electrons. The van der Waals surface area contributed by atoms with Gasteiger partial charge in [-0.2, -0.15) is 5.26 Å². The molecule has 0 bridgehead atoms. The number of carboxylic acids is 1. The van der Waals surface area contributed by atoms with E-state index >= 15 is 0 Å². The number of amides is 1. The number of aromatic nitrogens is 1. The fourth-order valence-electron chi connectivity index (χ4n) is 2.30. The maximum atomic E-state index is 12.0. The number of nitriles is 1. The van der Waals surface area contributed by atoms with E-state index in [-0.39, 0.29) is 12.1 Å². The summed E-state index contributed by atoms with van der Waals surface area (Å²) in [5.41, 5.74) is 1.38. The minimum absolute atomic E-state index is 0.00308. The monoisotopic (exact) mass is 311 g/mol. The molecule has 0 saturated carbocycles. The third-order valence-electron chi connectivity index (χ3n) is 3.33. The lowest BCUT2D eigenvalue weighted by Gasteiger charge is -2.01. The van der Waals surface area contributed by atoms with E-state index < -0.39 is 11.9 Å². The van der Waals surface area contributed by atoms with E-state index in [9.17, 15) is 14.9 Å². The van der Waals surface area contributed by atoms with Gasteiger partial charge in [0.2, 0.25) is 0 Å². The van der Waals surface area contributed by atoms with Crippen LogP contribution in [0, 0.1) is 11.3 Å². The Morgan fingerprint density at radius 2 is 2.13 bits per heavy atom. The molecule has 1 aromatic heterocycles. The number of hydrogen-bond donors (Lipinski definition) is 2. The summed E-state index contributed by atoms with van der Waals surface area (Å²) in [6, 6.07) is 9.17. The van der Waals surface area contributed by atoms with Crippen LogP contribution in [0.3, 0.4) is 0 Å². The summed E-state index contributed by atoms with van der Waals surface area (Å²) in [6.45, 7) is 2.24. The molecule has 23 heavy (non-hydrogen) atoms. The topological polar surface area (TPSA) is 95.1 Å². The summed E-state index contributed by atoms with van der Waals surface area (Å²) in [6.07, 6.45) is 3.91. The summed E-state index contributed by atoms with van der Waals surface area (Å²) in [5, 5.41) is 21.7.